The van der Waals surface area contributed by atoms with Crippen LogP contribution in [0.2, 0.25) is 0 Å². The largest absolute Gasteiger partial charge is 0.381 e. The maximum Gasteiger partial charge on any atom is 0.193 e. The minimum absolute atomic E-state index is 0. The van der Waals surface area contributed by atoms with Crippen LogP contribution >= 0.6 is 24.0 Å². The number of likely N-dealkylation sites (tertiary alicyclic amines) is 1. The van der Waals surface area contributed by atoms with Gasteiger partial charge in [-0.15, -0.1) is 24.0 Å². The predicted octanol–water partition coefficient (Wildman–Crippen LogP) is 2.06. The number of ether oxygens (including phenoxy) is 3. The Balaban J connectivity index is 0.00000300. The van der Waals surface area contributed by atoms with Gasteiger partial charge in [0.2, 0.25) is 0 Å². The summed E-state index contributed by atoms with van der Waals surface area (Å²) in [5, 5.41) is 3.48. The summed E-state index contributed by atoms with van der Waals surface area (Å²) in [6.07, 6.45) is 4.53. The zero-order valence-electron chi connectivity index (χ0n) is 18.2. The highest BCUT2D eigenvalue weighted by Gasteiger charge is 2.27. The summed E-state index contributed by atoms with van der Waals surface area (Å²) in [5.41, 5.74) is 0. The first-order chi connectivity index (χ1) is 13.8. The summed E-state index contributed by atoms with van der Waals surface area (Å²) in [5.74, 6) is 2.50. The van der Waals surface area contributed by atoms with Crippen LogP contribution in [0.3, 0.4) is 0 Å². The zero-order chi connectivity index (χ0) is 19.4. The maximum absolute atomic E-state index is 5.87. The Bertz CT molecular complexity index is 457. The number of morpholine rings is 1. The van der Waals surface area contributed by atoms with Gasteiger partial charge in [0, 0.05) is 72.2 Å². The van der Waals surface area contributed by atoms with Crippen LogP contribution in [0.25, 0.3) is 0 Å². The van der Waals surface area contributed by atoms with Gasteiger partial charge in [-0.25, -0.2) is 0 Å². The normalized spacial score (nSPS) is 24.5. The third-order valence-electron chi connectivity index (χ3n) is 5.94. The van der Waals surface area contributed by atoms with Gasteiger partial charge in [-0.05, 0) is 44.4 Å². The number of nitrogens with one attached hydrogen (secondary N) is 1. The molecule has 0 aromatic carbocycles. The molecular formula is C21H41IN4O3. The van der Waals surface area contributed by atoms with Gasteiger partial charge in [-0.3, -0.25) is 9.89 Å². The summed E-state index contributed by atoms with van der Waals surface area (Å²) in [6.45, 7) is 14.7. The molecule has 29 heavy (non-hydrogen) atoms. The van der Waals surface area contributed by atoms with Crippen LogP contribution in [-0.2, 0) is 14.2 Å². The predicted molar refractivity (Wildman–Crippen MR) is 127 cm³/mol. The summed E-state index contributed by atoms with van der Waals surface area (Å²) < 4.78 is 16.7. The minimum Gasteiger partial charge on any atom is -0.381 e. The summed E-state index contributed by atoms with van der Waals surface area (Å²) in [7, 11) is 0. The first-order valence-corrected chi connectivity index (χ1v) is 11.3. The number of rotatable bonds is 9. The zero-order valence-corrected chi connectivity index (χ0v) is 20.5. The summed E-state index contributed by atoms with van der Waals surface area (Å²) in [6, 6.07) is 0. The molecule has 3 saturated heterocycles. The molecule has 3 heterocycles. The quantitative estimate of drug-likeness (QED) is 0.216. The Morgan fingerprint density at radius 3 is 2.55 bits per heavy atom. The van der Waals surface area contributed by atoms with E-state index in [1.165, 1.54) is 13.0 Å². The number of guanidine groups is 1. The van der Waals surface area contributed by atoms with Crippen molar-refractivity contribution in [3.05, 3.63) is 0 Å². The Labute approximate surface area is 193 Å². The lowest BCUT2D eigenvalue weighted by atomic mass is 10.0. The third-order valence-corrected chi connectivity index (χ3v) is 5.94. The van der Waals surface area contributed by atoms with Gasteiger partial charge >= 0.3 is 0 Å². The van der Waals surface area contributed by atoms with Crippen LogP contribution < -0.4 is 5.32 Å². The molecule has 3 fully saturated rings. The fourth-order valence-corrected chi connectivity index (χ4v) is 4.26. The molecule has 3 aliphatic rings. The molecule has 1 atom stereocenters. The van der Waals surface area contributed by atoms with E-state index in [-0.39, 0.29) is 24.0 Å². The van der Waals surface area contributed by atoms with Gasteiger partial charge in [0.05, 0.1) is 13.2 Å². The van der Waals surface area contributed by atoms with Crippen molar-refractivity contribution in [3.8, 4) is 0 Å². The lowest BCUT2D eigenvalue weighted by Crippen LogP contribution is -2.42. The third kappa shape index (κ3) is 9.25. The Morgan fingerprint density at radius 2 is 1.79 bits per heavy atom. The van der Waals surface area contributed by atoms with E-state index < -0.39 is 0 Å². The van der Waals surface area contributed by atoms with E-state index in [1.54, 1.807) is 0 Å². The number of aliphatic imine (C=N–C) groups is 1. The topological polar surface area (TPSA) is 58.6 Å². The van der Waals surface area contributed by atoms with Gasteiger partial charge in [-0.1, -0.05) is 0 Å². The number of hydrogen-bond donors (Lipinski definition) is 1. The first kappa shape index (κ1) is 25.1. The smallest absolute Gasteiger partial charge is 0.193 e. The average molecular weight is 524 g/mol. The van der Waals surface area contributed by atoms with Crippen molar-refractivity contribution in [2.45, 2.75) is 32.6 Å². The Hall–Kier alpha value is -0.160. The lowest BCUT2D eigenvalue weighted by Gasteiger charge is -2.29. The van der Waals surface area contributed by atoms with Gasteiger partial charge in [0.25, 0.3) is 0 Å². The van der Waals surface area contributed by atoms with E-state index in [9.17, 15) is 0 Å². The molecule has 0 aromatic rings. The van der Waals surface area contributed by atoms with Gasteiger partial charge in [-0.2, -0.15) is 0 Å². The second kappa shape index (κ2) is 14.8. The fourth-order valence-electron chi connectivity index (χ4n) is 4.26. The first-order valence-electron chi connectivity index (χ1n) is 11.3. The second-order valence-corrected chi connectivity index (χ2v) is 8.23. The van der Waals surface area contributed by atoms with Crippen LogP contribution in [0.5, 0.6) is 0 Å². The van der Waals surface area contributed by atoms with Crippen molar-refractivity contribution < 1.29 is 14.2 Å². The number of nitrogens with zero attached hydrogens (tertiary/aromatic N) is 3. The van der Waals surface area contributed by atoms with E-state index in [4.69, 9.17) is 19.2 Å². The van der Waals surface area contributed by atoms with Crippen LogP contribution in [0.4, 0.5) is 0 Å². The summed E-state index contributed by atoms with van der Waals surface area (Å²) in [4.78, 5) is 9.85. The minimum atomic E-state index is 0. The second-order valence-electron chi connectivity index (χ2n) is 8.23. The van der Waals surface area contributed by atoms with Crippen molar-refractivity contribution in [1.29, 1.82) is 0 Å². The molecule has 7 nitrogen and oxygen atoms in total. The average Bonchev–Trinajstić information content (AvgIpc) is 3.19. The van der Waals surface area contributed by atoms with Crippen LogP contribution in [0.1, 0.15) is 32.6 Å². The maximum atomic E-state index is 5.87. The molecule has 8 heteroatoms. The molecule has 3 rings (SSSR count). The standard InChI is InChI=1S/C21H40N4O3.HI/c1-2-22-21(23-7-3-11-28-18-19-5-12-26-13-6-19)25-8-4-20(17-25)16-24-9-14-27-15-10-24;/h19-20H,2-18H2,1H3,(H,22,23);1H. The summed E-state index contributed by atoms with van der Waals surface area (Å²) >= 11 is 0. The van der Waals surface area contributed by atoms with Gasteiger partial charge in [0.15, 0.2) is 5.96 Å². The number of halogens is 1. The van der Waals surface area contributed by atoms with Crippen LogP contribution in [0.15, 0.2) is 4.99 Å². The van der Waals surface area contributed by atoms with Crippen LogP contribution in [0, 0.1) is 11.8 Å². The highest BCUT2D eigenvalue weighted by molar-refractivity contribution is 14.0. The highest BCUT2D eigenvalue weighted by Crippen LogP contribution is 2.18. The van der Waals surface area contributed by atoms with Crippen molar-refractivity contribution >= 4 is 29.9 Å². The fraction of sp³-hybridized carbons (Fsp3) is 0.952. The molecule has 0 aliphatic carbocycles. The molecule has 0 saturated carbocycles. The van der Waals surface area contributed by atoms with Crippen molar-refractivity contribution in [3.63, 3.8) is 0 Å². The molecule has 0 radical (unpaired) electrons. The molecular weight excluding hydrogens is 483 g/mol. The molecule has 1 N–H and O–H groups in total. The van der Waals surface area contributed by atoms with Crippen molar-refractivity contribution in [2.75, 3.05) is 85.5 Å². The Morgan fingerprint density at radius 1 is 1.03 bits per heavy atom. The lowest BCUT2D eigenvalue weighted by molar-refractivity contribution is 0.0205. The van der Waals surface area contributed by atoms with Gasteiger partial charge in [0.1, 0.15) is 0 Å². The van der Waals surface area contributed by atoms with E-state index in [1.807, 2.05) is 0 Å². The molecule has 0 spiro atoms. The monoisotopic (exact) mass is 524 g/mol. The van der Waals surface area contributed by atoms with E-state index in [2.05, 4.69) is 22.0 Å². The van der Waals surface area contributed by atoms with E-state index >= 15 is 0 Å². The van der Waals surface area contributed by atoms with Crippen molar-refractivity contribution in [2.24, 2.45) is 16.8 Å². The molecule has 170 valence electrons. The molecule has 3 aliphatic heterocycles. The van der Waals surface area contributed by atoms with Crippen LogP contribution in [-0.4, -0.2) is 101 Å². The van der Waals surface area contributed by atoms with E-state index in [0.717, 1.165) is 110 Å². The number of hydrogen-bond acceptors (Lipinski definition) is 5. The van der Waals surface area contributed by atoms with Crippen molar-refractivity contribution in [1.82, 2.24) is 15.1 Å². The molecule has 1 unspecified atom stereocenters. The molecule has 0 amide bonds. The SMILES string of the molecule is CCNC(=NCCCOCC1CCOCC1)N1CCC(CN2CCOCC2)C1.I. The Kier molecular flexibility index (Phi) is 12.8. The van der Waals surface area contributed by atoms with Gasteiger partial charge < -0.3 is 24.4 Å². The molecule has 0 aromatic heterocycles. The highest BCUT2D eigenvalue weighted by atomic mass is 127. The van der Waals surface area contributed by atoms with E-state index in [0.29, 0.717) is 5.92 Å². The molecule has 0 bridgehead atoms.